The first-order chi connectivity index (χ1) is 12.3. The van der Waals surface area contributed by atoms with Crippen molar-refractivity contribution < 1.29 is 0 Å². The van der Waals surface area contributed by atoms with Gasteiger partial charge in [-0.15, -0.1) is 0 Å². The summed E-state index contributed by atoms with van der Waals surface area (Å²) in [6.45, 7) is 4.80. The minimum Gasteiger partial charge on any atom is -0.339 e. The summed E-state index contributed by atoms with van der Waals surface area (Å²) < 4.78 is 2.10. The zero-order chi connectivity index (χ0) is 17.1. The average molecular weight is 354 g/mol. The van der Waals surface area contributed by atoms with Crippen LogP contribution in [-0.4, -0.2) is 45.6 Å². The van der Waals surface area contributed by atoms with Crippen LogP contribution in [-0.2, 0) is 6.54 Å². The van der Waals surface area contributed by atoms with E-state index in [1.165, 1.54) is 0 Å². The van der Waals surface area contributed by atoms with Gasteiger partial charge in [-0.05, 0) is 30.3 Å². The van der Waals surface area contributed by atoms with Gasteiger partial charge in [0.1, 0.15) is 0 Å². The fourth-order valence-corrected chi connectivity index (χ4v) is 3.37. The van der Waals surface area contributed by atoms with Crippen molar-refractivity contribution in [1.82, 2.24) is 19.4 Å². The van der Waals surface area contributed by atoms with Crippen molar-refractivity contribution in [2.75, 3.05) is 31.1 Å². The maximum absolute atomic E-state index is 6.14. The Morgan fingerprint density at radius 1 is 0.920 bits per heavy atom. The Kier molecular flexibility index (Phi) is 4.68. The van der Waals surface area contributed by atoms with Crippen LogP contribution in [0.4, 0.5) is 5.95 Å². The van der Waals surface area contributed by atoms with E-state index in [-0.39, 0.29) is 0 Å². The van der Waals surface area contributed by atoms with E-state index in [9.17, 15) is 0 Å². The number of pyridine rings is 1. The van der Waals surface area contributed by atoms with E-state index in [0.29, 0.717) is 0 Å². The molecule has 0 amide bonds. The number of rotatable bonds is 4. The Bertz CT molecular complexity index is 825. The van der Waals surface area contributed by atoms with Gasteiger partial charge in [-0.3, -0.25) is 14.5 Å². The lowest BCUT2D eigenvalue weighted by atomic mass is 10.2. The summed E-state index contributed by atoms with van der Waals surface area (Å²) in [7, 11) is 0. The number of imidazole rings is 1. The number of halogens is 1. The van der Waals surface area contributed by atoms with Gasteiger partial charge < -0.3 is 4.90 Å². The van der Waals surface area contributed by atoms with Crippen LogP contribution in [0.5, 0.6) is 0 Å². The molecule has 6 heteroatoms. The quantitative estimate of drug-likeness (QED) is 0.721. The Morgan fingerprint density at radius 3 is 2.56 bits per heavy atom. The molecule has 5 nitrogen and oxygen atoms in total. The second-order valence-corrected chi connectivity index (χ2v) is 6.60. The van der Waals surface area contributed by atoms with Crippen LogP contribution in [0, 0.1) is 0 Å². The van der Waals surface area contributed by atoms with Gasteiger partial charge in [-0.1, -0.05) is 23.7 Å². The van der Waals surface area contributed by atoms with Gasteiger partial charge in [0.2, 0.25) is 5.95 Å². The van der Waals surface area contributed by atoms with E-state index in [1.807, 2.05) is 55.0 Å². The molecule has 1 saturated heterocycles. The zero-order valence-electron chi connectivity index (χ0n) is 13.9. The van der Waals surface area contributed by atoms with Crippen LogP contribution in [0.25, 0.3) is 5.69 Å². The standard InChI is InChI=1S/C19H20ClN5/c20-16-4-3-6-18(14-16)25-9-8-22-19(25)24-12-10-23(11-13-24)15-17-5-1-2-7-21-17/h1-9,14H,10-13,15H2. The highest BCUT2D eigenvalue weighted by Gasteiger charge is 2.21. The molecular weight excluding hydrogens is 334 g/mol. The fraction of sp³-hybridized carbons (Fsp3) is 0.263. The molecule has 0 spiro atoms. The number of benzene rings is 1. The Hall–Kier alpha value is -2.37. The predicted molar refractivity (Wildman–Crippen MR) is 100 cm³/mol. The van der Waals surface area contributed by atoms with Gasteiger partial charge in [0.15, 0.2) is 0 Å². The Morgan fingerprint density at radius 2 is 1.80 bits per heavy atom. The number of aromatic nitrogens is 3. The maximum atomic E-state index is 6.14. The lowest BCUT2D eigenvalue weighted by Gasteiger charge is -2.35. The summed E-state index contributed by atoms with van der Waals surface area (Å²) in [5.41, 5.74) is 2.16. The van der Waals surface area contributed by atoms with Crippen molar-refractivity contribution in [1.29, 1.82) is 0 Å². The van der Waals surface area contributed by atoms with Crippen molar-refractivity contribution in [2.24, 2.45) is 0 Å². The second kappa shape index (κ2) is 7.25. The molecule has 1 aliphatic rings. The highest BCUT2D eigenvalue weighted by Crippen LogP contribution is 2.22. The predicted octanol–water partition coefficient (Wildman–Crippen LogP) is 3.24. The number of piperazine rings is 1. The first-order valence-electron chi connectivity index (χ1n) is 8.46. The van der Waals surface area contributed by atoms with Gasteiger partial charge in [0, 0.05) is 62.0 Å². The normalized spacial score (nSPS) is 15.5. The molecule has 2 aromatic heterocycles. The zero-order valence-corrected chi connectivity index (χ0v) is 14.7. The third-order valence-corrected chi connectivity index (χ3v) is 4.71. The number of nitrogens with zero attached hydrogens (tertiary/aromatic N) is 5. The molecule has 0 bridgehead atoms. The van der Waals surface area contributed by atoms with Gasteiger partial charge in [-0.25, -0.2) is 4.98 Å². The van der Waals surface area contributed by atoms with Crippen LogP contribution >= 0.6 is 11.6 Å². The van der Waals surface area contributed by atoms with E-state index in [2.05, 4.69) is 30.4 Å². The number of anilines is 1. The lowest BCUT2D eigenvalue weighted by molar-refractivity contribution is 0.246. The molecule has 0 radical (unpaired) electrons. The van der Waals surface area contributed by atoms with Gasteiger partial charge >= 0.3 is 0 Å². The highest BCUT2D eigenvalue weighted by atomic mass is 35.5. The molecule has 0 unspecified atom stereocenters. The first-order valence-corrected chi connectivity index (χ1v) is 8.84. The summed E-state index contributed by atoms with van der Waals surface area (Å²) in [6, 6.07) is 13.9. The number of hydrogen-bond donors (Lipinski definition) is 0. The van der Waals surface area contributed by atoms with E-state index in [1.54, 1.807) is 0 Å². The first kappa shape index (κ1) is 16.1. The van der Waals surface area contributed by atoms with Gasteiger partial charge in [0.25, 0.3) is 0 Å². The van der Waals surface area contributed by atoms with Gasteiger partial charge in [0.05, 0.1) is 5.69 Å². The molecule has 4 rings (SSSR count). The molecule has 1 fully saturated rings. The molecule has 3 aromatic rings. The maximum Gasteiger partial charge on any atom is 0.210 e. The second-order valence-electron chi connectivity index (χ2n) is 6.16. The van der Waals surface area contributed by atoms with Crippen molar-refractivity contribution in [3.05, 3.63) is 71.8 Å². The number of hydrogen-bond acceptors (Lipinski definition) is 4. The largest absolute Gasteiger partial charge is 0.339 e. The topological polar surface area (TPSA) is 37.2 Å². The van der Waals surface area contributed by atoms with Crippen LogP contribution in [0.1, 0.15) is 5.69 Å². The minimum atomic E-state index is 0.734. The highest BCUT2D eigenvalue weighted by molar-refractivity contribution is 6.30. The molecule has 0 saturated carbocycles. The summed E-state index contributed by atoms with van der Waals surface area (Å²) in [5, 5.41) is 0.734. The minimum absolute atomic E-state index is 0.734. The SMILES string of the molecule is Clc1cccc(-n2ccnc2N2CCN(Cc3ccccn3)CC2)c1. The van der Waals surface area contributed by atoms with Crippen LogP contribution in [0.15, 0.2) is 61.1 Å². The van der Waals surface area contributed by atoms with E-state index in [0.717, 1.165) is 55.1 Å². The molecule has 0 atom stereocenters. The van der Waals surface area contributed by atoms with Crippen molar-refractivity contribution in [3.8, 4) is 5.69 Å². The van der Waals surface area contributed by atoms with E-state index >= 15 is 0 Å². The molecule has 3 heterocycles. The summed E-state index contributed by atoms with van der Waals surface area (Å²) in [5.74, 6) is 0.972. The van der Waals surface area contributed by atoms with E-state index < -0.39 is 0 Å². The molecule has 128 valence electrons. The summed E-state index contributed by atoms with van der Waals surface area (Å²) in [6.07, 6.45) is 5.69. The molecule has 1 aliphatic heterocycles. The van der Waals surface area contributed by atoms with Gasteiger partial charge in [-0.2, -0.15) is 0 Å². The Balaban J connectivity index is 1.44. The lowest BCUT2D eigenvalue weighted by Crippen LogP contribution is -2.46. The Labute approximate surface area is 152 Å². The third kappa shape index (κ3) is 3.67. The molecule has 0 aliphatic carbocycles. The van der Waals surface area contributed by atoms with Crippen molar-refractivity contribution in [2.45, 2.75) is 6.54 Å². The molecule has 0 N–H and O–H groups in total. The van der Waals surface area contributed by atoms with Crippen LogP contribution in [0.3, 0.4) is 0 Å². The van der Waals surface area contributed by atoms with Crippen LogP contribution < -0.4 is 4.90 Å². The van der Waals surface area contributed by atoms with E-state index in [4.69, 9.17) is 11.6 Å². The van der Waals surface area contributed by atoms with Crippen molar-refractivity contribution >= 4 is 17.5 Å². The summed E-state index contributed by atoms with van der Waals surface area (Å²) >= 11 is 6.14. The average Bonchev–Trinajstić information content (AvgIpc) is 3.13. The molecular formula is C19H20ClN5. The monoisotopic (exact) mass is 353 g/mol. The molecule has 1 aromatic carbocycles. The van der Waals surface area contributed by atoms with Crippen molar-refractivity contribution in [3.63, 3.8) is 0 Å². The fourth-order valence-electron chi connectivity index (χ4n) is 3.18. The summed E-state index contributed by atoms with van der Waals surface area (Å²) in [4.78, 5) is 13.8. The molecule has 25 heavy (non-hydrogen) atoms. The smallest absolute Gasteiger partial charge is 0.210 e. The van der Waals surface area contributed by atoms with Crippen LogP contribution in [0.2, 0.25) is 5.02 Å². The third-order valence-electron chi connectivity index (χ3n) is 4.47.